The quantitative estimate of drug-likeness (QED) is 0.301. The van der Waals surface area contributed by atoms with E-state index in [2.05, 4.69) is 27.0 Å². The predicted molar refractivity (Wildman–Crippen MR) is 154 cm³/mol. The van der Waals surface area contributed by atoms with Crippen LogP contribution in [0.4, 0.5) is 11.4 Å². The van der Waals surface area contributed by atoms with Gasteiger partial charge in [-0.15, -0.1) is 0 Å². The van der Waals surface area contributed by atoms with Crippen LogP contribution in [0.2, 0.25) is 5.02 Å². The molecule has 0 radical (unpaired) electrons. The monoisotopic (exact) mass is 559 g/mol. The highest BCUT2D eigenvalue weighted by molar-refractivity contribution is 8.03. The first kappa shape index (κ1) is 27.8. The molecule has 1 aromatic heterocycles. The Bertz CT molecular complexity index is 1450. The molecule has 2 aromatic carbocycles. The van der Waals surface area contributed by atoms with E-state index in [9.17, 15) is 14.9 Å². The van der Waals surface area contributed by atoms with Crippen LogP contribution >= 0.6 is 23.4 Å². The average molecular weight is 560 g/mol. The van der Waals surface area contributed by atoms with Crippen LogP contribution in [0.25, 0.3) is 0 Å². The number of nitrogens with one attached hydrogen (secondary N) is 3. The highest BCUT2D eigenvalue weighted by Crippen LogP contribution is 2.40. The van der Waals surface area contributed by atoms with E-state index in [1.165, 1.54) is 11.8 Å². The molecule has 198 valence electrons. The summed E-state index contributed by atoms with van der Waals surface area (Å²) in [6, 6.07) is 19.7. The molecular formula is C29H26ClN5O3S. The zero-order chi connectivity index (χ0) is 27.8. The zero-order valence-electron chi connectivity index (χ0n) is 21.3. The van der Waals surface area contributed by atoms with Gasteiger partial charge in [0, 0.05) is 40.1 Å². The lowest BCUT2D eigenvalue weighted by Gasteiger charge is -2.29. The third-order valence-electron chi connectivity index (χ3n) is 5.83. The standard InChI is InChI=1S/C29H26ClN5O3S/c1-3-38-23-10-8-21(9-11-23)34-25(36)17-39-29-24(16-31)27(19-12-14-32-15-13-19)26(18(2)33-29)28(37)35-22-6-4-20(30)5-7-22/h4-15,27,33H,3,17H2,1-2H3,(H,34,36)(H,35,37)/t27-/m0/s1. The van der Waals surface area contributed by atoms with Crippen molar-refractivity contribution in [3.05, 3.63) is 106 Å². The van der Waals surface area contributed by atoms with Crippen molar-refractivity contribution in [3.8, 4) is 11.8 Å². The van der Waals surface area contributed by atoms with Gasteiger partial charge in [-0.1, -0.05) is 23.4 Å². The summed E-state index contributed by atoms with van der Waals surface area (Å²) in [6.45, 7) is 4.24. The fraction of sp³-hybridized carbons (Fsp3) is 0.172. The number of aromatic nitrogens is 1. The summed E-state index contributed by atoms with van der Waals surface area (Å²) in [4.78, 5) is 30.3. The third kappa shape index (κ3) is 6.99. The van der Waals surface area contributed by atoms with E-state index < -0.39 is 5.92 Å². The molecule has 0 saturated heterocycles. The molecule has 1 atom stereocenters. The van der Waals surface area contributed by atoms with Gasteiger partial charge in [-0.2, -0.15) is 5.26 Å². The Morgan fingerprint density at radius 3 is 2.33 bits per heavy atom. The second kappa shape index (κ2) is 13.0. The summed E-state index contributed by atoms with van der Waals surface area (Å²) in [5, 5.41) is 20.2. The SMILES string of the molecule is CCOc1ccc(NC(=O)CSC2=C(C#N)[C@H](c3ccncc3)C(C(=O)Nc3ccc(Cl)cc3)=C(C)N2)cc1. The first-order valence-corrected chi connectivity index (χ1v) is 13.5. The maximum Gasteiger partial charge on any atom is 0.254 e. The summed E-state index contributed by atoms with van der Waals surface area (Å²) in [5.74, 6) is -0.453. The molecule has 10 heteroatoms. The molecule has 0 bridgehead atoms. The van der Waals surface area contributed by atoms with Crippen molar-refractivity contribution in [2.24, 2.45) is 0 Å². The molecule has 0 aliphatic carbocycles. The van der Waals surface area contributed by atoms with Crippen molar-refractivity contribution in [2.75, 3.05) is 23.0 Å². The fourth-order valence-corrected chi connectivity index (χ4v) is 5.10. The van der Waals surface area contributed by atoms with E-state index in [1.807, 2.05) is 6.92 Å². The van der Waals surface area contributed by atoms with Crippen LogP contribution in [-0.2, 0) is 9.59 Å². The Morgan fingerprint density at radius 2 is 1.69 bits per heavy atom. The number of anilines is 2. The Kier molecular flexibility index (Phi) is 9.26. The number of allylic oxidation sites excluding steroid dienone is 2. The van der Waals surface area contributed by atoms with Crippen molar-refractivity contribution >= 4 is 46.6 Å². The number of nitrogens with zero attached hydrogens (tertiary/aromatic N) is 2. The second-order valence-electron chi connectivity index (χ2n) is 8.49. The van der Waals surface area contributed by atoms with E-state index in [0.29, 0.717) is 44.9 Å². The number of carbonyl (C=O) groups is 2. The minimum Gasteiger partial charge on any atom is -0.494 e. The van der Waals surface area contributed by atoms with E-state index in [4.69, 9.17) is 16.3 Å². The molecule has 2 heterocycles. The Morgan fingerprint density at radius 1 is 1.05 bits per heavy atom. The molecule has 4 rings (SSSR count). The summed E-state index contributed by atoms with van der Waals surface area (Å²) in [5.41, 5.74) is 3.27. The number of halogens is 1. The lowest BCUT2D eigenvalue weighted by Crippen LogP contribution is -2.31. The molecule has 1 aliphatic heterocycles. The number of carbonyl (C=O) groups excluding carboxylic acids is 2. The Labute approximate surface area is 236 Å². The molecule has 0 saturated carbocycles. The van der Waals surface area contributed by atoms with Crippen LogP contribution in [0, 0.1) is 11.3 Å². The van der Waals surface area contributed by atoms with Crippen LogP contribution < -0.4 is 20.7 Å². The molecular weight excluding hydrogens is 534 g/mol. The zero-order valence-corrected chi connectivity index (χ0v) is 22.9. The lowest BCUT2D eigenvalue weighted by atomic mass is 9.82. The number of amides is 2. The minimum absolute atomic E-state index is 0.0589. The van der Waals surface area contributed by atoms with Gasteiger partial charge in [0.1, 0.15) is 5.75 Å². The summed E-state index contributed by atoms with van der Waals surface area (Å²) in [6.07, 6.45) is 3.24. The largest absolute Gasteiger partial charge is 0.494 e. The number of ether oxygens (including phenoxy) is 1. The van der Waals surface area contributed by atoms with Gasteiger partial charge in [-0.25, -0.2) is 0 Å². The number of rotatable bonds is 9. The van der Waals surface area contributed by atoms with Gasteiger partial charge in [0.15, 0.2) is 0 Å². The number of hydrogen-bond donors (Lipinski definition) is 3. The second-order valence-corrected chi connectivity index (χ2v) is 9.91. The Hall–Kier alpha value is -4.26. The number of pyridine rings is 1. The molecule has 39 heavy (non-hydrogen) atoms. The van der Waals surface area contributed by atoms with Gasteiger partial charge in [-0.05, 0) is 80.1 Å². The number of dihydropyridines is 1. The van der Waals surface area contributed by atoms with Gasteiger partial charge in [-0.3, -0.25) is 14.6 Å². The van der Waals surface area contributed by atoms with Crippen LogP contribution in [0.3, 0.4) is 0 Å². The van der Waals surface area contributed by atoms with Crippen LogP contribution in [0.5, 0.6) is 5.75 Å². The van der Waals surface area contributed by atoms with Crippen molar-refractivity contribution < 1.29 is 14.3 Å². The first-order valence-electron chi connectivity index (χ1n) is 12.1. The van der Waals surface area contributed by atoms with E-state index >= 15 is 0 Å². The van der Waals surface area contributed by atoms with E-state index in [1.54, 1.807) is 80.0 Å². The first-order chi connectivity index (χ1) is 18.9. The number of thioether (sulfide) groups is 1. The molecule has 3 aromatic rings. The van der Waals surface area contributed by atoms with Gasteiger partial charge < -0.3 is 20.7 Å². The summed E-state index contributed by atoms with van der Waals surface area (Å²) in [7, 11) is 0. The van der Waals surface area contributed by atoms with Crippen LogP contribution in [0.15, 0.2) is 94.9 Å². The van der Waals surface area contributed by atoms with Gasteiger partial charge in [0.2, 0.25) is 5.91 Å². The van der Waals surface area contributed by atoms with Crippen molar-refractivity contribution in [1.82, 2.24) is 10.3 Å². The maximum absolute atomic E-state index is 13.5. The lowest BCUT2D eigenvalue weighted by molar-refractivity contribution is -0.114. The maximum atomic E-state index is 13.5. The third-order valence-corrected chi connectivity index (χ3v) is 7.10. The number of nitriles is 1. The summed E-state index contributed by atoms with van der Waals surface area (Å²) >= 11 is 7.18. The van der Waals surface area contributed by atoms with Crippen LogP contribution in [0.1, 0.15) is 25.3 Å². The topological polar surface area (TPSA) is 116 Å². The Balaban J connectivity index is 1.55. The molecule has 0 fully saturated rings. The number of hydrogen-bond acceptors (Lipinski definition) is 7. The number of benzene rings is 2. The molecule has 8 nitrogen and oxygen atoms in total. The predicted octanol–water partition coefficient (Wildman–Crippen LogP) is 5.84. The fourth-order valence-electron chi connectivity index (χ4n) is 4.08. The molecule has 3 N–H and O–H groups in total. The highest BCUT2D eigenvalue weighted by Gasteiger charge is 2.35. The molecule has 0 spiro atoms. The molecule has 2 amide bonds. The normalized spacial score (nSPS) is 14.8. The smallest absolute Gasteiger partial charge is 0.254 e. The van der Waals surface area contributed by atoms with Crippen molar-refractivity contribution in [2.45, 2.75) is 19.8 Å². The van der Waals surface area contributed by atoms with E-state index in [-0.39, 0.29) is 17.6 Å². The highest BCUT2D eigenvalue weighted by atomic mass is 35.5. The summed E-state index contributed by atoms with van der Waals surface area (Å²) < 4.78 is 5.43. The van der Waals surface area contributed by atoms with Gasteiger partial charge in [0.05, 0.1) is 34.9 Å². The minimum atomic E-state index is -0.650. The van der Waals surface area contributed by atoms with Crippen molar-refractivity contribution in [1.29, 1.82) is 5.26 Å². The van der Waals surface area contributed by atoms with Crippen LogP contribution in [-0.4, -0.2) is 29.2 Å². The molecule has 1 aliphatic rings. The molecule has 0 unspecified atom stereocenters. The average Bonchev–Trinajstić information content (AvgIpc) is 2.94. The van der Waals surface area contributed by atoms with Gasteiger partial charge >= 0.3 is 0 Å². The van der Waals surface area contributed by atoms with Crippen molar-refractivity contribution in [3.63, 3.8) is 0 Å². The van der Waals surface area contributed by atoms with Gasteiger partial charge in [0.25, 0.3) is 5.91 Å². The van der Waals surface area contributed by atoms with E-state index in [0.717, 1.165) is 11.3 Å².